The maximum atomic E-state index is 12.5. The van der Waals surface area contributed by atoms with E-state index in [0.717, 1.165) is 17.7 Å². The average molecular weight is 281 g/mol. The van der Waals surface area contributed by atoms with Crippen LogP contribution in [0.3, 0.4) is 0 Å². The van der Waals surface area contributed by atoms with E-state index < -0.39 is 0 Å². The highest BCUT2D eigenvalue weighted by Gasteiger charge is 2.45. The van der Waals surface area contributed by atoms with Gasteiger partial charge < -0.3 is 14.4 Å². The molecular formula is C14H19NO3S. The van der Waals surface area contributed by atoms with Gasteiger partial charge in [0.05, 0.1) is 23.6 Å². The van der Waals surface area contributed by atoms with Crippen LogP contribution in [0, 0.1) is 0 Å². The molecule has 2 fully saturated rings. The van der Waals surface area contributed by atoms with E-state index in [4.69, 9.17) is 9.47 Å². The van der Waals surface area contributed by atoms with E-state index in [9.17, 15) is 4.79 Å². The van der Waals surface area contributed by atoms with Crippen molar-refractivity contribution in [2.24, 2.45) is 0 Å². The van der Waals surface area contributed by atoms with Crippen molar-refractivity contribution in [1.82, 2.24) is 4.90 Å². The summed E-state index contributed by atoms with van der Waals surface area (Å²) in [6.45, 7) is 4.01. The minimum atomic E-state index is 0.0533. The molecule has 0 N–H and O–H groups in total. The quantitative estimate of drug-likeness (QED) is 0.852. The molecule has 0 spiro atoms. The van der Waals surface area contributed by atoms with Gasteiger partial charge in [0, 0.05) is 13.2 Å². The Hall–Kier alpha value is -0.910. The number of nitrogens with zero attached hydrogens (tertiary/aromatic N) is 1. The molecule has 4 nitrogen and oxygen atoms in total. The van der Waals surface area contributed by atoms with Crippen LogP contribution < -0.4 is 0 Å². The molecule has 19 heavy (non-hydrogen) atoms. The topological polar surface area (TPSA) is 38.8 Å². The minimum Gasteiger partial charge on any atom is -0.376 e. The number of morpholine rings is 1. The fourth-order valence-corrected chi connectivity index (χ4v) is 3.78. The summed E-state index contributed by atoms with van der Waals surface area (Å²) in [6, 6.07) is 4.00. The third kappa shape index (κ3) is 2.42. The van der Waals surface area contributed by atoms with Gasteiger partial charge in [-0.15, -0.1) is 11.3 Å². The van der Waals surface area contributed by atoms with Gasteiger partial charge in [0.2, 0.25) is 0 Å². The molecule has 1 aromatic rings. The van der Waals surface area contributed by atoms with Crippen molar-refractivity contribution < 1.29 is 14.3 Å². The highest BCUT2D eigenvalue weighted by atomic mass is 32.1. The first-order chi connectivity index (χ1) is 9.31. The van der Waals surface area contributed by atoms with Crippen molar-refractivity contribution in [3.8, 4) is 0 Å². The maximum absolute atomic E-state index is 12.5. The third-order valence-corrected chi connectivity index (χ3v) is 4.77. The molecule has 3 rings (SSSR count). The molecule has 104 valence electrons. The summed E-state index contributed by atoms with van der Waals surface area (Å²) in [7, 11) is 0. The normalized spacial score (nSPS) is 30.4. The van der Waals surface area contributed by atoms with Gasteiger partial charge >= 0.3 is 0 Å². The van der Waals surface area contributed by atoms with Crippen molar-refractivity contribution >= 4 is 17.2 Å². The van der Waals surface area contributed by atoms with Gasteiger partial charge in [-0.1, -0.05) is 6.07 Å². The number of ether oxygens (including phenoxy) is 2. The zero-order chi connectivity index (χ0) is 13.2. The molecule has 1 aliphatic heterocycles. The zero-order valence-corrected chi connectivity index (χ0v) is 11.9. The molecule has 1 aromatic heterocycles. The largest absolute Gasteiger partial charge is 0.376 e. The molecule has 5 heteroatoms. The van der Waals surface area contributed by atoms with Crippen molar-refractivity contribution in [2.45, 2.75) is 38.0 Å². The Labute approximate surface area is 117 Å². The van der Waals surface area contributed by atoms with Crippen LogP contribution in [0.5, 0.6) is 0 Å². The first-order valence-electron chi connectivity index (χ1n) is 6.89. The standard InChI is InChI=1S/C14H19NO3S/c1-2-17-11-6-5-10-13(11)18-8-7-15(10)14(16)12-4-3-9-19-12/h3-4,9-11,13H,2,5-8H2,1H3/t10-,11+,13+/m0/s1. The Balaban J connectivity index is 1.75. The van der Waals surface area contributed by atoms with Gasteiger partial charge in [0.1, 0.15) is 6.10 Å². The highest BCUT2D eigenvalue weighted by molar-refractivity contribution is 7.12. The number of thiophene rings is 1. The van der Waals surface area contributed by atoms with Gasteiger partial charge in [0.25, 0.3) is 5.91 Å². The molecule has 0 aromatic carbocycles. The van der Waals surface area contributed by atoms with Crippen LogP contribution in [0.15, 0.2) is 17.5 Å². The van der Waals surface area contributed by atoms with Crippen LogP contribution in [0.25, 0.3) is 0 Å². The molecule has 2 aliphatic rings. The fraction of sp³-hybridized carbons (Fsp3) is 0.643. The second-order valence-electron chi connectivity index (χ2n) is 4.95. The van der Waals surface area contributed by atoms with Crippen molar-refractivity contribution in [3.05, 3.63) is 22.4 Å². The SMILES string of the molecule is CCO[C@@H]1CC[C@H]2[C@H]1OCCN2C(=O)c1cccs1. The second-order valence-corrected chi connectivity index (χ2v) is 5.90. The van der Waals surface area contributed by atoms with E-state index in [1.54, 1.807) is 0 Å². The zero-order valence-electron chi connectivity index (χ0n) is 11.1. The maximum Gasteiger partial charge on any atom is 0.264 e. The lowest BCUT2D eigenvalue weighted by molar-refractivity contribution is -0.102. The summed E-state index contributed by atoms with van der Waals surface area (Å²) in [5, 5.41) is 1.95. The molecule has 2 heterocycles. The van der Waals surface area contributed by atoms with Gasteiger partial charge in [0.15, 0.2) is 0 Å². The van der Waals surface area contributed by atoms with Crippen LogP contribution in [-0.2, 0) is 9.47 Å². The van der Waals surface area contributed by atoms with E-state index >= 15 is 0 Å². The number of amides is 1. The smallest absolute Gasteiger partial charge is 0.264 e. The van der Waals surface area contributed by atoms with E-state index in [1.807, 2.05) is 29.3 Å². The first kappa shape index (κ1) is 13.1. The Morgan fingerprint density at radius 1 is 1.58 bits per heavy atom. The number of hydrogen-bond acceptors (Lipinski definition) is 4. The molecule has 1 aliphatic carbocycles. The van der Waals surface area contributed by atoms with E-state index in [0.29, 0.717) is 19.8 Å². The van der Waals surface area contributed by atoms with Gasteiger partial charge in [-0.2, -0.15) is 0 Å². The number of hydrogen-bond donors (Lipinski definition) is 0. The summed E-state index contributed by atoms with van der Waals surface area (Å²) < 4.78 is 11.6. The lowest BCUT2D eigenvalue weighted by atomic mass is 10.1. The monoisotopic (exact) mass is 281 g/mol. The van der Waals surface area contributed by atoms with Crippen LogP contribution in [0.1, 0.15) is 29.4 Å². The van der Waals surface area contributed by atoms with Crippen molar-refractivity contribution in [3.63, 3.8) is 0 Å². The minimum absolute atomic E-state index is 0.0533. The van der Waals surface area contributed by atoms with E-state index in [2.05, 4.69) is 0 Å². The molecule has 0 unspecified atom stereocenters. The Morgan fingerprint density at radius 2 is 2.47 bits per heavy atom. The summed E-state index contributed by atoms with van der Waals surface area (Å²) in [5.74, 6) is 0.144. The summed E-state index contributed by atoms with van der Waals surface area (Å²) >= 11 is 1.51. The Kier molecular flexibility index (Phi) is 3.86. The van der Waals surface area contributed by atoms with Crippen LogP contribution in [0.4, 0.5) is 0 Å². The molecule has 0 bridgehead atoms. The molecular weight excluding hydrogens is 262 g/mol. The van der Waals surface area contributed by atoms with Gasteiger partial charge in [-0.3, -0.25) is 4.79 Å². The summed E-state index contributed by atoms with van der Waals surface area (Å²) in [5.41, 5.74) is 0. The average Bonchev–Trinajstić information content (AvgIpc) is 3.08. The lowest BCUT2D eigenvalue weighted by Crippen LogP contribution is -2.53. The Morgan fingerprint density at radius 3 is 3.21 bits per heavy atom. The van der Waals surface area contributed by atoms with E-state index in [1.165, 1.54) is 11.3 Å². The number of fused-ring (bicyclic) bond motifs is 1. The molecule has 1 amide bonds. The van der Waals surface area contributed by atoms with Crippen LogP contribution >= 0.6 is 11.3 Å². The lowest BCUT2D eigenvalue weighted by Gasteiger charge is -2.38. The highest BCUT2D eigenvalue weighted by Crippen LogP contribution is 2.33. The molecule has 3 atom stereocenters. The van der Waals surface area contributed by atoms with Crippen molar-refractivity contribution in [1.29, 1.82) is 0 Å². The van der Waals surface area contributed by atoms with Crippen LogP contribution in [0.2, 0.25) is 0 Å². The van der Waals surface area contributed by atoms with Gasteiger partial charge in [-0.05, 0) is 31.2 Å². The van der Waals surface area contributed by atoms with Crippen LogP contribution in [-0.4, -0.2) is 48.8 Å². The Bertz CT molecular complexity index is 434. The fourth-order valence-electron chi connectivity index (χ4n) is 3.10. The second kappa shape index (κ2) is 5.61. The predicted octanol–water partition coefficient (Wildman–Crippen LogP) is 2.16. The van der Waals surface area contributed by atoms with Gasteiger partial charge in [-0.25, -0.2) is 0 Å². The first-order valence-corrected chi connectivity index (χ1v) is 7.77. The number of carbonyl (C=O) groups excluding carboxylic acids is 1. The van der Waals surface area contributed by atoms with Crippen molar-refractivity contribution in [2.75, 3.05) is 19.8 Å². The molecule has 0 radical (unpaired) electrons. The number of rotatable bonds is 3. The van der Waals surface area contributed by atoms with E-state index in [-0.39, 0.29) is 24.2 Å². The predicted molar refractivity (Wildman–Crippen MR) is 73.5 cm³/mol. The third-order valence-electron chi connectivity index (χ3n) is 3.91. The molecule has 1 saturated heterocycles. The summed E-state index contributed by atoms with van der Waals surface area (Å²) in [4.78, 5) is 15.3. The number of carbonyl (C=O) groups is 1. The molecule has 1 saturated carbocycles. The summed E-state index contributed by atoms with van der Waals surface area (Å²) in [6.07, 6.45) is 2.16.